The fourth-order valence-electron chi connectivity index (χ4n) is 2.34. The standard InChI is InChI=1S/C13H19F/c1-5-10(3)13(11(4)14)12-7-6-9(2)8-12/h5,9,12H,1,4,6-8H2,2-3H3/b13-10+. The second-order valence-electron chi connectivity index (χ2n) is 4.32. The largest absolute Gasteiger partial charge is 0.207 e. The quantitative estimate of drug-likeness (QED) is 0.584. The lowest BCUT2D eigenvalue weighted by atomic mass is 9.91. The molecule has 0 N–H and O–H groups in total. The Morgan fingerprint density at radius 2 is 2.07 bits per heavy atom. The van der Waals surface area contributed by atoms with Crippen LogP contribution in [-0.4, -0.2) is 0 Å². The minimum atomic E-state index is -0.276. The molecule has 14 heavy (non-hydrogen) atoms. The Hall–Kier alpha value is -0.850. The molecular weight excluding hydrogens is 175 g/mol. The summed E-state index contributed by atoms with van der Waals surface area (Å²) in [4.78, 5) is 0. The van der Waals surface area contributed by atoms with Gasteiger partial charge in [0.05, 0.1) is 0 Å². The van der Waals surface area contributed by atoms with E-state index in [4.69, 9.17) is 0 Å². The van der Waals surface area contributed by atoms with Crippen molar-refractivity contribution in [2.24, 2.45) is 11.8 Å². The van der Waals surface area contributed by atoms with Crippen LogP contribution in [0.2, 0.25) is 0 Å². The van der Waals surface area contributed by atoms with Gasteiger partial charge < -0.3 is 0 Å². The molecule has 2 unspecified atom stereocenters. The smallest absolute Gasteiger partial charge is 0.119 e. The highest BCUT2D eigenvalue weighted by Gasteiger charge is 2.26. The number of rotatable bonds is 3. The summed E-state index contributed by atoms with van der Waals surface area (Å²) in [5.41, 5.74) is 1.74. The normalized spacial score (nSPS) is 28.5. The lowest BCUT2D eigenvalue weighted by Gasteiger charge is -2.15. The zero-order chi connectivity index (χ0) is 10.7. The Morgan fingerprint density at radius 3 is 2.43 bits per heavy atom. The summed E-state index contributed by atoms with van der Waals surface area (Å²) in [6.45, 7) is 11.2. The number of allylic oxidation sites excluding steroid dienone is 4. The number of hydrogen-bond acceptors (Lipinski definition) is 0. The minimum Gasteiger partial charge on any atom is -0.207 e. The zero-order valence-electron chi connectivity index (χ0n) is 9.15. The highest BCUT2D eigenvalue weighted by molar-refractivity contribution is 5.36. The summed E-state index contributed by atoms with van der Waals surface area (Å²) in [6, 6.07) is 0. The number of halogens is 1. The van der Waals surface area contributed by atoms with E-state index < -0.39 is 0 Å². The Kier molecular flexibility index (Phi) is 3.68. The lowest BCUT2D eigenvalue weighted by molar-refractivity contribution is 0.541. The van der Waals surface area contributed by atoms with Crippen LogP contribution in [0.1, 0.15) is 33.1 Å². The van der Waals surface area contributed by atoms with Gasteiger partial charge in [-0.05, 0) is 42.7 Å². The average Bonchev–Trinajstić information content (AvgIpc) is 2.51. The molecule has 0 aromatic heterocycles. The third-order valence-corrected chi connectivity index (χ3v) is 3.13. The maximum absolute atomic E-state index is 13.3. The predicted molar refractivity (Wildman–Crippen MR) is 59.7 cm³/mol. The van der Waals surface area contributed by atoms with Gasteiger partial charge in [0, 0.05) is 0 Å². The third-order valence-electron chi connectivity index (χ3n) is 3.13. The molecule has 0 aromatic rings. The summed E-state index contributed by atoms with van der Waals surface area (Å²) in [5, 5.41) is 0. The van der Waals surface area contributed by atoms with E-state index in [9.17, 15) is 4.39 Å². The fourth-order valence-corrected chi connectivity index (χ4v) is 2.34. The number of hydrogen-bond donors (Lipinski definition) is 0. The van der Waals surface area contributed by atoms with Gasteiger partial charge in [-0.2, -0.15) is 0 Å². The summed E-state index contributed by atoms with van der Waals surface area (Å²) in [6.07, 6.45) is 5.10. The molecule has 1 saturated carbocycles. The van der Waals surface area contributed by atoms with Crippen LogP contribution in [0.25, 0.3) is 0 Å². The molecule has 1 fully saturated rings. The average molecular weight is 194 g/mol. The van der Waals surface area contributed by atoms with Gasteiger partial charge >= 0.3 is 0 Å². The summed E-state index contributed by atoms with van der Waals surface area (Å²) >= 11 is 0. The molecule has 0 saturated heterocycles. The van der Waals surface area contributed by atoms with Crippen molar-refractivity contribution in [3.05, 3.63) is 36.2 Å². The van der Waals surface area contributed by atoms with Crippen molar-refractivity contribution in [3.8, 4) is 0 Å². The Bertz CT molecular complexity index is 273. The predicted octanol–water partition coefficient (Wildman–Crippen LogP) is 4.41. The van der Waals surface area contributed by atoms with Crippen LogP contribution in [0.3, 0.4) is 0 Å². The molecule has 1 aliphatic carbocycles. The molecule has 0 aliphatic heterocycles. The first-order valence-corrected chi connectivity index (χ1v) is 5.24. The Morgan fingerprint density at radius 1 is 1.43 bits per heavy atom. The maximum atomic E-state index is 13.3. The van der Waals surface area contributed by atoms with Gasteiger partial charge in [-0.15, -0.1) is 0 Å². The van der Waals surface area contributed by atoms with Crippen molar-refractivity contribution in [3.63, 3.8) is 0 Å². The van der Waals surface area contributed by atoms with Crippen molar-refractivity contribution in [2.75, 3.05) is 0 Å². The topological polar surface area (TPSA) is 0 Å². The molecule has 1 rings (SSSR count). The van der Waals surface area contributed by atoms with Gasteiger partial charge in [-0.3, -0.25) is 0 Å². The summed E-state index contributed by atoms with van der Waals surface area (Å²) in [5.74, 6) is 0.800. The second-order valence-corrected chi connectivity index (χ2v) is 4.32. The van der Waals surface area contributed by atoms with E-state index in [1.807, 2.05) is 6.92 Å². The van der Waals surface area contributed by atoms with Crippen LogP contribution in [0.5, 0.6) is 0 Å². The van der Waals surface area contributed by atoms with Crippen LogP contribution in [-0.2, 0) is 0 Å². The van der Waals surface area contributed by atoms with E-state index in [0.29, 0.717) is 11.8 Å². The molecule has 0 spiro atoms. The molecule has 0 bridgehead atoms. The van der Waals surface area contributed by atoms with Gasteiger partial charge in [0.2, 0.25) is 0 Å². The zero-order valence-corrected chi connectivity index (χ0v) is 9.15. The molecule has 0 nitrogen and oxygen atoms in total. The highest BCUT2D eigenvalue weighted by atomic mass is 19.1. The SMILES string of the molecule is C=C/C(C)=C(\C(=C)F)C1CCC(C)C1. The lowest BCUT2D eigenvalue weighted by Crippen LogP contribution is -2.02. The van der Waals surface area contributed by atoms with E-state index in [1.165, 1.54) is 6.42 Å². The molecule has 0 aromatic carbocycles. The van der Waals surface area contributed by atoms with Gasteiger partial charge in [-0.25, -0.2) is 4.39 Å². The van der Waals surface area contributed by atoms with E-state index in [0.717, 1.165) is 24.0 Å². The van der Waals surface area contributed by atoms with Crippen molar-refractivity contribution in [2.45, 2.75) is 33.1 Å². The summed E-state index contributed by atoms with van der Waals surface area (Å²) < 4.78 is 13.3. The minimum absolute atomic E-state index is 0.276. The van der Waals surface area contributed by atoms with Crippen molar-refractivity contribution < 1.29 is 4.39 Å². The van der Waals surface area contributed by atoms with Crippen LogP contribution in [0.4, 0.5) is 4.39 Å². The summed E-state index contributed by atoms with van der Waals surface area (Å²) in [7, 11) is 0. The van der Waals surface area contributed by atoms with Gasteiger partial charge in [0.25, 0.3) is 0 Å². The molecule has 1 aliphatic rings. The van der Waals surface area contributed by atoms with Crippen LogP contribution in [0, 0.1) is 11.8 Å². The van der Waals surface area contributed by atoms with E-state index in [2.05, 4.69) is 20.1 Å². The Labute approximate surface area is 86.2 Å². The van der Waals surface area contributed by atoms with E-state index >= 15 is 0 Å². The van der Waals surface area contributed by atoms with E-state index in [1.54, 1.807) is 6.08 Å². The first-order chi connectivity index (χ1) is 6.56. The highest BCUT2D eigenvalue weighted by Crippen LogP contribution is 2.39. The van der Waals surface area contributed by atoms with Gasteiger partial charge in [0.1, 0.15) is 5.83 Å². The molecule has 1 heteroatoms. The molecule has 0 amide bonds. The van der Waals surface area contributed by atoms with E-state index in [-0.39, 0.29) is 5.83 Å². The molecule has 0 radical (unpaired) electrons. The van der Waals surface area contributed by atoms with Crippen molar-refractivity contribution in [1.82, 2.24) is 0 Å². The monoisotopic (exact) mass is 194 g/mol. The fraction of sp³-hybridized carbons (Fsp3) is 0.538. The Balaban J connectivity index is 2.90. The maximum Gasteiger partial charge on any atom is 0.119 e. The van der Waals surface area contributed by atoms with Crippen LogP contribution < -0.4 is 0 Å². The first-order valence-electron chi connectivity index (χ1n) is 5.24. The van der Waals surface area contributed by atoms with Crippen LogP contribution in [0.15, 0.2) is 36.2 Å². The van der Waals surface area contributed by atoms with Gasteiger partial charge in [0.15, 0.2) is 0 Å². The molecule has 0 heterocycles. The van der Waals surface area contributed by atoms with Crippen LogP contribution >= 0.6 is 0 Å². The molecule has 2 atom stereocenters. The first kappa shape index (κ1) is 11.2. The third kappa shape index (κ3) is 2.34. The molecule has 78 valence electrons. The second kappa shape index (κ2) is 4.59. The van der Waals surface area contributed by atoms with Gasteiger partial charge in [-0.1, -0.05) is 32.6 Å². The van der Waals surface area contributed by atoms with Crippen molar-refractivity contribution in [1.29, 1.82) is 0 Å². The molecular formula is C13H19F. The van der Waals surface area contributed by atoms with Crippen molar-refractivity contribution >= 4 is 0 Å².